The van der Waals surface area contributed by atoms with Crippen LogP contribution in [0.15, 0.2) is 12.1 Å². The average molecular weight is 279 g/mol. The maximum atomic E-state index is 12.6. The Labute approximate surface area is 119 Å². The third-order valence-corrected chi connectivity index (χ3v) is 3.66. The zero-order valence-electron chi connectivity index (χ0n) is 12.2. The van der Waals surface area contributed by atoms with E-state index in [0.29, 0.717) is 22.8 Å². The molecule has 1 heterocycles. The Morgan fingerprint density at radius 3 is 2.05 bits per heavy atom. The van der Waals surface area contributed by atoms with Gasteiger partial charge < -0.3 is 19.5 Å². The summed E-state index contributed by atoms with van der Waals surface area (Å²) in [6.07, 6.45) is 1.74. The van der Waals surface area contributed by atoms with E-state index in [1.165, 1.54) is 0 Å². The number of rotatable bonds is 5. The van der Waals surface area contributed by atoms with Gasteiger partial charge in [0.25, 0.3) is 0 Å². The van der Waals surface area contributed by atoms with Gasteiger partial charge in [-0.2, -0.15) is 0 Å². The minimum Gasteiger partial charge on any atom is -0.493 e. The summed E-state index contributed by atoms with van der Waals surface area (Å²) in [6.45, 7) is 1.78. The molecule has 0 spiro atoms. The van der Waals surface area contributed by atoms with Crippen LogP contribution in [0.1, 0.15) is 23.2 Å². The highest BCUT2D eigenvalue weighted by molar-refractivity contribution is 5.99. The standard InChI is InChI=1S/C15H21NO4/c1-18-12-8-11(9-13(19-2)15(12)20-3)14(17)10-4-6-16-7-5-10/h8-10,16H,4-7H2,1-3H3. The van der Waals surface area contributed by atoms with Crippen molar-refractivity contribution in [2.45, 2.75) is 12.8 Å². The lowest BCUT2D eigenvalue weighted by Crippen LogP contribution is -2.31. The molecule has 2 rings (SSSR count). The van der Waals surface area contributed by atoms with Crippen LogP contribution in [-0.2, 0) is 0 Å². The Balaban J connectivity index is 2.33. The van der Waals surface area contributed by atoms with Gasteiger partial charge in [-0.1, -0.05) is 0 Å². The maximum absolute atomic E-state index is 12.6. The molecule has 1 aromatic carbocycles. The Hall–Kier alpha value is -1.75. The molecule has 0 atom stereocenters. The van der Waals surface area contributed by atoms with Gasteiger partial charge in [0.1, 0.15) is 0 Å². The lowest BCUT2D eigenvalue weighted by molar-refractivity contribution is 0.0894. The van der Waals surface area contributed by atoms with Crippen molar-refractivity contribution in [1.82, 2.24) is 5.32 Å². The molecule has 0 amide bonds. The molecule has 20 heavy (non-hydrogen) atoms. The van der Waals surface area contributed by atoms with Crippen LogP contribution in [0.3, 0.4) is 0 Å². The molecule has 5 heteroatoms. The fourth-order valence-corrected chi connectivity index (χ4v) is 2.54. The molecule has 1 aliphatic rings. The lowest BCUT2D eigenvalue weighted by atomic mass is 9.89. The fraction of sp³-hybridized carbons (Fsp3) is 0.533. The van der Waals surface area contributed by atoms with E-state index in [1.54, 1.807) is 33.5 Å². The molecule has 1 aromatic rings. The predicted octanol–water partition coefficient (Wildman–Crippen LogP) is 1.89. The number of Topliss-reactive ketones (excluding diaryl/α,β-unsaturated/α-hetero) is 1. The van der Waals surface area contributed by atoms with E-state index in [9.17, 15) is 4.79 Å². The first kappa shape index (κ1) is 14.7. The van der Waals surface area contributed by atoms with Gasteiger partial charge in [0, 0.05) is 11.5 Å². The number of nitrogens with one attached hydrogen (secondary N) is 1. The van der Waals surface area contributed by atoms with Crippen molar-refractivity contribution < 1.29 is 19.0 Å². The van der Waals surface area contributed by atoms with Gasteiger partial charge in [0.15, 0.2) is 17.3 Å². The van der Waals surface area contributed by atoms with Crippen molar-refractivity contribution in [1.29, 1.82) is 0 Å². The molecule has 1 fully saturated rings. The number of hydrogen-bond donors (Lipinski definition) is 1. The topological polar surface area (TPSA) is 56.8 Å². The van der Waals surface area contributed by atoms with Crippen molar-refractivity contribution in [3.63, 3.8) is 0 Å². The quantitative estimate of drug-likeness (QED) is 0.834. The number of benzene rings is 1. The van der Waals surface area contributed by atoms with Gasteiger partial charge in [-0.05, 0) is 38.1 Å². The van der Waals surface area contributed by atoms with Crippen molar-refractivity contribution in [2.24, 2.45) is 5.92 Å². The van der Waals surface area contributed by atoms with Crippen molar-refractivity contribution in [3.8, 4) is 17.2 Å². The van der Waals surface area contributed by atoms with Crippen LogP contribution in [0.25, 0.3) is 0 Å². The zero-order chi connectivity index (χ0) is 14.5. The van der Waals surface area contributed by atoms with E-state index >= 15 is 0 Å². The van der Waals surface area contributed by atoms with Gasteiger partial charge in [-0.3, -0.25) is 4.79 Å². The summed E-state index contributed by atoms with van der Waals surface area (Å²) in [5.74, 6) is 1.76. The second-order valence-electron chi connectivity index (χ2n) is 4.80. The lowest BCUT2D eigenvalue weighted by Gasteiger charge is -2.22. The first-order valence-electron chi connectivity index (χ1n) is 6.76. The summed E-state index contributed by atoms with van der Waals surface area (Å²) < 4.78 is 15.8. The summed E-state index contributed by atoms with van der Waals surface area (Å²) in [4.78, 5) is 12.6. The third kappa shape index (κ3) is 2.88. The van der Waals surface area contributed by atoms with Crippen LogP contribution in [-0.4, -0.2) is 40.2 Å². The van der Waals surface area contributed by atoms with E-state index in [-0.39, 0.29) is 11.7 Å². The average Bonchev–Trinajstić information content (AvgIpc) is 2.53. The zero-order valence-corrected chi connectivity index (χ0v) is 12.2. The molecule has 1 aliphatic heterocycles. The van der Waals surface area contributed by atoms with Gasteiger partial charge >= 0.3 is 0 Å². The molecule has 0 aliphatic carbocycles. The summed E-state index contributed by atoms with van der Waals surface area (Å²) in [5.41, 5.74) is 0.617. The largest absolute Gasteiger partial charge is 0.493 e. The molecule has 0 bridgehead atoms. The molecule has 110 valence electrons. The maximum Gasteiger partial charge on any atom is 0.203 e. The van der Waals surface area contributed by atoms with Crippen LogP contribution in [0.5, 0.6) is 17.2 Å². The summed E-state index contributed by atoms with van der Waals surface area (Å²) in [5, 5.41) is 3.26. The number of piperidine rings is 1. The van der Waals surface area contributed by atoms with Crippen molar-refractivity contribution in [2.75, 3.05) is 34.4 Å². The number of carbonyl (C=O) groups excluding carboxylic acids is 1. The summed E-state index contributed by atoms with van der Waals surface area (Å²) in [6, 6.07) is 3.46. The number of ketones is 1. The predicted molar refractivity (Wildman–Crippen MR) is 76.0 cm³/mol. The second-order valence-corrected chi connectivity index (χ2v) is 4.80. The highest BCUT2D eigenvalue weighted by atomic mass is 16.5. The van der Waals surface area contributed by atoms with E-state index in [0.717, 1.165) is 25.9 Å². The van der Waals surface area contributed by atoms with Gasteiger partial charge in [0.2, 0.25) is 5.75 Å². The van der Waals surface area contributed by atoms with Crippen LogP contribution in [0.2, 0.25) is 0 Å². The number of ether oxygens (including phenoxy) is 3. The van der Waals surface area contributed by atoms with Gasteiger partial charge in [-0.15, -0.1) is 0 Å². The Morgan fingerprint density at radius 1 is 1.05 bits per heavy atom. The van der Waals surface area contributed by atoms with E-state index in [1.807, 2.05) is 0 Å². The molecule has 5 nitrogen and oxygen atoms in total. The highest BCUT2D eigenvalue weighted by Gasteiger charge is 2.24. The van der Waals surface area contributed by atoms with E-state index in [4.69, 9.17) is 14.2 Å². The Bertz CT molecular complexity index is 456. The minimum atomic E-state index is 0.0686. The Kier molecular flexibility index (Phi) is 4.84. The van der Waals surface area contributed by atoms with Crippen LogP contribution in [0.4, 0.5) is 0 Å². The first-order valence-corrected chi connectivity index (χ1v) is 6.76. The van der Waals surface area contributed by atoms with E-state index in [2.05, 4.69) is 5.32 Å². The molecule has 1 saturated heterocycles. The van der Waals surface area contributed by atoms with Crippen LogP contribution < -0.4 is 19.5 Å². The SMILES string of the molecule is COc1cc(C(=O)C2CCNCC2)cc(OC)c1OC. The fourth-order valence-electron chi connectivity index (χ4n) is 2.54. The number of hydrogen-bond acceptors (Lipinski definition) is 5. The molecule has 0 radical (unpaired) electrons. The molecular formula is C15H21NO4. The van der Waals surface area contributed by atoms with Crippen LogP contribution >= 0.6 is 0 Å². The first-order chi connectivity index (χ1) is 9.71. The smallest absolute Gasteiger partial charge is 0.203 e. The molecule has 0 aromatic heterocycles. The normalized spacial score (nSPS) is 15.8. The molecule has 1 N–H and O–H groups in total. The Morgan fingerprint density at radius 2 is 1.60 bits per heavy atom. The number of methoxy groups -OCH3 is 3. The molecule has 0 saturated carbocycles. The molecular weight excluding hydrogens is 258 g/mol. The highest BCUT2D eigenvalue weighted by Crippen LogP contribution is 2.39. The number of carbonyl (C=O) groups is 1. The monoisotopic (exact) mass is 279 g/mol. The van der Waals surface area contributed by atoms with E-state index < -0.39 is 0 Å². The van der Waals surface area contributed by atoms with Crippen molar-refractivity contribution in [3.05, 3.63) is 17.7 Å². The summed E-state index contributed by atoms with van der Waals surface area (Å²) in [7, 11) is 4.65. The summed E-state index contributed by atoms with van der Waals surface area (Å²) >= 11 is 0. The second kappa shape index (κ2) is 6.61. The van der Waals surface area contributed by atoms with Crippen molar-refractivity contribution >= 4 is 5.78 Å². The van der Waals surface area contributed by atoms with Gasteiger partial charge in [-0.25, -0.2) is 0 Å². The third-order valence-electron chi connectivity index (χ3n) is 3.66. The van der Waals surface area contributed by atoms with Gasteiger partial charge in [0.05, 0.1) is 21.3 Å². The minimum absolute atomic E-state index is 0.0686. The van der Waals surface area contributed by atoms with Crippen LogP contribution in [0, 0.1) is 5.92 Å². The molecule has 0 unspecified atom stereocenters.